The molecule has 29 heavy (non-hydrogen) atoms. The Labute approximate surface area is 170 Å². The fourth-order valence-corrected chi connectivity index (χ4v) is 3.78. The Balaban J connectivity index is 1.56. The second kappa shape index (κ2) is 7.29. The lowest BCUT2D eigenvalue weighted by molar-refractivity contribution is 0.183. The Kier molecular flexibility index (Phi) is 4.80. The molecule has 1 aromatic carbocycles. The molecule has 3 N–H and O–H groups in total. The summed E-state index contributed by atoms with van der Waals surface area (Å²) in [4.78, 5) is 6.68. The predicted molar refractivity (Wildman–Crippen MR) is 116 cm³/mol. The summed E-state index contributed by atoms with van der Waals surface area (Å²) in [5.74, 6) is 0.302. The van der Waals surface area contributed by atoms with Crippen LogP contribution in [0.4, 0.5) is 0 Å². The molecule has 2 aromatic heterocycles. The number of pyridine rings is 1. The fourth-order valence-electron chi connectivity index (χ4n) is 3.78. The second-order valence-corrected chi connectivity index (χ2v) is 7.88. The van der Waals surface area contributed by atoms with Gasteiger partial charge in [0.1, 0.15) is 11.4 Å². The minimum atomic E-state index is 0.0617. The number of benzene rings is 1. The molecule has 0 radical (unpaired) electrons. The summed E-state index contributed by atoms with van der Waals surface area (Å²) in [7, 11) is 2.03. The van der Waals surface area contributed by atoms with Gasteiger partial charge in [-0.2, -0.15) is 0 Å². The average Bonchev–Trinajstić information content (AvgIpc) is 3.04. The van der Waals surface area contributed by atoms with E-state index in [0.717, 1.165) is 41.1 Å². The van der Waals surface area contributed by atoms with Crippen LogP contribution in [0, 0.1) is 30.6 Å². The van der Waals surface area contributed by atoms with Crippen molar-refractivity contribution in [3.05, 3.63) is 65.6 Å². The van der Waals surface area contributed by atoms with E-state index in [-0.39, 0.29) is 17.4 Å². The van der Waals surface area contributed by atoms with Gasteiger partial charge in [0.15, 0.2) is 0 Å². The smallest absolute Gasteiger partial charge is 0.139 e. The van der Waals surface area contributed by atoms with Gasteiger partial charge in [-0.25, -0.2) is 4.98 Å². The number of aromatic hydroxyl groups is 1. The third-order valence-corrected chi connectivity index (χ3v) is 5.41. The van der Waals surface area contributed by atoms with E-state index in [4.69, 9.17) is 10.8 Å². The van der Waals surface area contributed by atoms with E-state index < -0.39 is 0 Å². The van der Waals surface area contributed by atoms with Crippen molar-refractivity contribution < 1.29 is 5.11 Å². The monoisotopic (exact) mass is 387 g/mol. The minimum Gasteiger partial charge on any atom is -0.507 e. The number of fused-ring (bicyclic) bond motifs is 1. The summed E-state index contributed by atoms with van der Waals surface area (Å²) < 4.78 is 2.00. The standard InChI is InChI=1S/C23H25N5O/c1-14-8-17(13-28-10-15(2)26-23(14)28)16-4-5-19(22(29)9-16)21(25)7-6-20(24)18-11-27(3)12-18/h4-10,13,18,24-25,29H,11-12H2,1-3H3/b7-6-,24-20?,25-21?. The van der Waals surface area contributed by atoms with Crippen molar-refractivity contribution in [3.8, 4) is 16.9 Å². The number of rotatable bonds is 5. The van der Waals surface area contributed by atoms with E-state index >= 15 is 0 Å². The number of hydrogen-bond donors (Lipinski definition) is 3. The van der Waals surface area contributed by atoms with E-state index in [1.54, 1.807) is 24.3 Å². The number of phenols is 1. The number of allylic oxidation sites excluding steroid dienone is 2. The highest BCUT2D eigenvalue weighted by atomic mass is 16.3. The van der Waals surface area contributed by atoms with Gasteiger partial charge in [-0.1, -0.05) is 6.07 Å². The highest BCUT2D eigenvalue weighted by Gasteiger charge is 2.25. The van der Waals surface area contributed by atoms with Gasteiger partial charge in [0.05, 0.1) is 11.4 Å². The lowest BCUT2D eigenvalue weighted by atomic mass is 9.94. The molecule has 0 aliphatic carbocycles. The third-order valence-electron chi connectivity index (χ3n) is 5.41. The van der Waals surface area contributed by atoms with Crippen molar-refractivity contribution in [2.45, 2.75) is 13.8 Å². The van der Waals surface area contributed by atoms with Crippen molar-refractivity contribution in [2.75, 3.05) is 20.1 Å². The average molecular weight is 387 g/mol. The highest BCUT2D eigenvalue weighted by molar-refractivity contribution is 6.12. The minimum absolute atomic E-state index is 0.0617. The number of aryl methyl sites for hydroxylation is 2. The Morgan fingerprint density at radius 1 is 1.10 bits per heavy atom. The molecule has 0 atom stereocenters. The molecule has 0 bridgehead atoms. The number of aromatic nitrogens is 2. The van der Waals surface area contributed by atoms with Crippen LogP contribution in [0.5, 0.6) is 5.75 Å². The van der Waals surface area contributed by atoms with Crippen LogP contribution < -0.4 is 0 Å². The summed E-state index contributed by atoms with van der Waals surface area (Å²) in [6.45, 7) is 5.76. The van der Waals surface area contributed by atoms with E-state index in [0.29, 0.717) is 11.3 Å². The van der Waals surface area contributed by atoms with Crippen molar-refractivity contribution in [2.24, 2.45) is 5.92 Å². The number of imidazole rings is 1. The lowest BCUT2D eigenvalue weighted by Crippen LogP contribution is -2.47. The van der Waals surface area contributed by atoms with Crippen molar-refractivity contribution >= 4 is 17.1 Å². The van der Waals surface area contributed by atoms with Crippen LogP contribution in [0.2, 0.25) is 0 Å². The molecule has 0 spiro atoms. The molecule has 3 heterocycles. The molecule has 3 aromatic rings. The quantitative estimate of drug-likeness (QED) is 0.581. The molecule has 0 amide bonds. The van der Waals surface area contributed by atoms with Crippen molar-refractivity contribution in [3.63, 3.8) is 0 Å². The number of nitrogens with zero attached hydrogens (tertiary/aromatic N) is 3. The van der Waals surface area contributed by atoms with Crippen LogP contribution in [0.1, 0.15) is 16.8 Å². The zero-order valence-corrected chi connectivity index (χ0v) is 16.9. The van der Waals surface area contributed by atoms with Crippen LogP contribution in [0.25, 0.3) is 16.8 Å². The van der Waals surface area contributed by atoms with Crippen LogP contribution in [0.3, 0.4) is 0 Å². The Morgan fingerprint density at radius 3 is 2.55 bits per heavy atom. The van der Waals surface area contributed by atoms with E-state index in [2.05, 4.69) is 16.0 Å². The van der Waals surface area contributed by atoms with Gasteiger partial charge in [-0.05, 0) is 67.9 Å². The van der Waals surface area contributed by atoms with Gasteiger partial charge in [-0.15, -0.1) is 0 Å². The molecule has 1 aliphatic heterocycles. The Hall–Kier alpha value is -3.25. The van der Waals surface area contributed by atoms with Crippen LogP contribution in [0.15, 0.2) is 48.8 Å². The van der Waals surface area contributed by atoms with E-state index in [1.165, 1.54) is 0 Å². The SMILES string of the molecule is Cc1cn2cc(-c3ccc(C(=N)/C=C\C(=N)C4CN(C)C4)c(O)c3)cc(C)c2n1. The van der Waals surface area contributed by atoms with Crippen LogP contribution in [-0.4, -0.2) is 51.0 Å². The molecule has 148 valence electrons. The van der Waals surface area contributed by atoms with Gasteiger partial charge in [0.25, 0.3) is 0 Å². The van der Waals surface area contributed by atoms with Gasteiger partial charge in [0, 0.05) is 42.7 Å². The molecule has 1 saturated heterocycles. The Bertz CT molecular complexity index is 1150. The van der Waals surface area contributed by atoms with Crippen molar-refractivity contribution in [1.29, 1.82) is 10.8 Å². The molecule has 1 aliphatic rings. The lowest BCUT2D eigenvalue weighted by Gasteiger charge is -2.35. The molecule has 4 rings (SSSR count). The number of hydrogen-bond acceptors (Lipinski definition) is 5. The topological polar surface area (TPSA) is 88.5 Å². The zero-order chi connectivity index (χ0) is 20.7. The normalized spacial score (nSPS) is 15.1. The second-order valence-electron chi connectivity index (χ2n) is 7.88. The van der Waals surface area contributed by atoms with Crippen molar-refractivity contribution in [1.82, 2.24) is 14.3 Å². The summed E-state index contributed by atoms with van der Waals surface area (Å²) in [6, 6.07) is 7.41. The maximum Gasteiger partial charge on any atom is 0.139 e. The fraction of sp³-hybridized carbons (Fsp3) is 0.261. The van der Waals surface area contributed by atoms with E-state index in [9.17, 15) is 5.11 Å². The number of phenolic OH excluding ortho intramolecular Hbond substituents is 1. The molecule has 1 fully saturated rings. The Morgan fingerprint density at radius 2 is 1.86 bits per heavy atom. The van der Waals surface area contributed by atoms with Gasteiger partial charge in [0.2, 0.25) is 0 Å². The first-order valence-corrected chi connectivity index (χ1v) is 9.65. The first kappa shape index (κ1) is 19.1. The number of nitrogens with one attached hydrogen (secondary N) is 2. The summed E-state index contributed by atoms with van der Waals surface area (Å²) >= 11 is 0. The molecule has 0 saturated carbocycles. The summed E-state index contributed by atoms with van der Waals surface area (Å²) in [5.41, 5.74) is 6.00. The highest BCUT2D eigenvalue weighted by Crippen LogP contribution is 2.28. The first-order chi connectivity index (χ1) is 13.8. The molecule has 6 heteroatoms. The van der Waals surface area contributed by atoms with E-state index in [1.807, 2.05) is 43.8 Å². The largest absolute Gasteiger partial charge is 0.507 e. The van der Waals surface area contributed by atoms with Gasteiger partial charge < -0.3 is 25.2 Å². The third kappa shape index (κ3) is 3.71. The first-order valence-electron chi connectivity index (χ1n) is 9.65. The van der Waals surface area contributed by atoms with Gasteiger partial charge >= 0.3 is 0 Å². The summed E-state index contributed by atoms with van der Waals surface area (Å²) in [5, 5.41) is 26.9. The summed E-state index contributed by atoms with van der Waals surface area (Å²) in [6.07, 6.45) is 7.25. The molecular formula is C23H25N5O. The predicted octanol–water partition coefficient (Wildman–Crippen LogP) is 3.83. The zero-order valence-electron chi connectivity index (χ0n) is 16.9. The number of likely N-dealkylation sites (tertiary alicyclic amines) is 1. The molecular weight excluding hydrogens is 362 g/mol. The maximum absolute atomic E-state index is 10.5. The van der Waals surface area contributed by atoms with Gasteiger partial charge in [-0.3, -0.25) is 0 Å². The van der Waals surface area contributed by atoms with Crippen LogP contribution in [-0.2, 0) is 0 Å². The van der Waals surface area contributed by atoms with Crippen LogP contribution >= 0.6 is 0 Å². The molecule has 0 unspecified atom stereocenters. The maximum atomic E-state index is 10.5. The molecule has 6 nitrogen and oxygen atoms in total.